The second kappa shape index (κ2) is 8.18. The Hall–Kier alpha value is -2.93. The molecule has 1 N–H and O–H groups in total. The van der Waals surface area contributed by atoms with Gasteiger partial charge >= 0.3 is 0 Å². The molecule has 0 fully saturated rings. The summed E-state index contributed by atoms with van der Waals surface area (Å²) in [6.45, 7) is 4.22. The molecule has 0 aliphatic heterocycles. The van der Waals surface area contributed by atoms with Gasteiger partial charge in [0.05, 0.1) is 16.8 Å². The van der Waals surface area contributed by atoms with E-state index in [1.807, 2.05) is 12.1 Å². The predicted molar refractivity (Wildman–Crippen MR) is 105 cm³/mol. The fourth-order valence-electron chi connectivity index (χ4n) is 2.51. The summed E-state index contributed by atoms with van der Waals surface area (Å²) in [5.74, 6) is 1.19. The van der Waals surface area contributed by atoms with Gasteiger partial charge in [-0.2, -0.15) is 0 Å². The van der Waals surface area contributed by atoms with Gasteiger partial charge in [-0.25, -0.2) is 13.4 Å². The monoisotopic (exact) mass is 383 g/mol. The number of benzene rings is 2. The molecule has 0 saturated carbocycles. The molecule has 0 spiro atoms. The molecule has 1 heterocycles. The number of ether oxygens (including phenoxy) is 1. The first kappa shape index (κ1) is 18.8. The van der Waals surface area contributed by atoms with Gasteiger partial charge in [0.25, 0.3) is 10.0 Å². The Morgan fingerprint density at radius 3 is 2.56 bits per heavy atom. The zero-order chi connectivity index (χ0) is 19.3. The number of hydrogen-bond acceptors (Lipinski definition) is 5. The number of anilines is 1. The molecule has 27 heavy (non-hydrogen) atoms. The summed E-state index contributed by atoms with van der Waals surface area (Å²) in [7, 11) is -3.69. The van der Waals surface area contributed by atoms with E-state index in [-0.39, 0.29) is 4.90 Å². The van der Waals surface area contributed by atoms with Gasteiger partial charge in [0.1, 0.15) is 5.75 Å². The Kier molecular flexibility index (Phi) is 5.71. The molecule has 140 valence electrons. The average molecular weight is 383 g/mol. The van der Waals surface area contributed by atoms with Crippen molar-refractivity contribution in [2.24, 2.45) is 0 Å². The van der Waals surface area contributed by atoms with E-state index in [2.05, 4.69) is 28.5 Å². The van der Waals surface area contributed by atoms with E-state index in [1.165, 1.54) is 12.4 Å². The summed E-state index contributed by atoms with van der Waals surface area (Å²) in [6.07, 6.45) is 5.55. The van der Waals surface area contributed by atoms with Crippen molar-refractivity contribution in [1.29, 1.82) is 0 Å². The van der Waals surface area contributed by atoms with Crippen molar-refractivity contribution < 1.29 is 13.2 Å². The van der Waals surface area contributed by atoms with E-state index in [1.54, 1.807) is 42.6 Å². The fraction of sp³-hybridized carbons (Fsp3) is 0.200. The van der Waals surface area contributed by atoms with Crippen LogP contribution in [0.3, 0.4) is 0 Å². The maximum Gasteiger partial charge on any atom is 0.261 e. The highest BCUT2D eigenvalue weighted by Gasteiger charge is 2.15. The van der Waals surface area contributed by atoms with Gasteiger partial charge in [-0.3, -0.25) is 9.71 Å². The number of nitrogens with one attached hydrogen (secondary N) is 1. The van der Waals surface area contributed by atoms with E-state index in [4.69, 9.17) is 4.74 Å². The second-order valence-corrected chi connectivity index (χ2v) is 7.84. The van der Waals surface area contributed by atoms with Crippen molar-refractivity contribution >= 4 is 15.7 Å². The van der Waals surface area contributed by atoms with Gasteiger partial charge in [-0.05, 0) is 42.2 Å². The quantitative estimate of drug-likeness (QED) is 0.646. The average Bonchev–Trinajstić information content (AvgIpc) is 2.68. The predicted octanol–water partition coefficient (Wildman–Crippen LogP) is 4.58. The van der Waals surface area contributed by atoms with Crippen LogP contribution in [0.15, 0.2) is 72.0 Å². The van der Waals surface area contributed by atoms with Crippen LogP contribution in [0, 0.1) is 0 Å². The third-order valence-electron chi connectivity index (χ3n) is 4.22. The number of rotatable bonds is 7. The summed E-state index contributed by atoms with van der Waals surface area (Å²) in [4.78, 5) is 8.18. The minimum absolute atomic E-state index is 0.217. The Bertz CT molecular complexity index is 990. The molecule has 3 rings (SSSR count). The molecule has 2 aromatic carbocycles. The second-order valence-electron chi connectivity index (χ2n) is 6.16. The summed E-state index contributed by atoms with van der Waals surface area (Å²) in [5, 5.41) is 0. The molecule has 0 amide bonds. The molecule has 1 aromatic heterocycles. The maximum absolute atomic E-state index is 12.6. The minimum atomic E-state index is -3.69. The first-order valence-corrected chi connectivity index (χ1v) is 10.1. The normalized spacial score (nSPS) is 12.4. The van der Waals surface area contributed by atoms with E-state index in [0.29, 0.717) is 23.2 Å². The Morgan fingerprint density at radius 2 is 1.89 bits per heavy atom. The third kappa shape index (κ3) is 4.83. The number of nitrogens with zero attached hydrogens (tertiary/aromatic N) is 2. The number of hydrogen-bond donors (Lipinski definition) is 1. The van der Waals surface area contributed by atoms with Gasteiger partial charge in [0.2, 0.25) is 5.88 Å². The van der Waals surface area contributed by atoms with Gasteiger partial charge in [-0.1, -0.05) is 32.0 Å². The van der Waals surface area contributed by atoms with Crippen LogP contribution in [-0.4, -0.2) is 18.4 Å². The molecule has 0 bridgehead atoms. The van der Waals surface area contributed by atoms with Crippen LogP contribution in [0.4, 0.5) is 5.69 Å². The van der Waals surface area contributed by atoms with Crippen molar-refractivity contribution in [2.45, 2.75) is 31.1 Å². The summed E-state index contributed by atoms with van der Waals surface area (Å²) in [5.41, 5.74) is 1.53. The van der Waals surface area contributed by atoms with Crippen molar-refractivity contribution in [3.05, 3.63) is 72.7 Å². The lowest BCUT2D eigenvalue weighted by Crippen LogP contribution is -2.13. The van der Waals surface area contributed by atoms with Gasteiger partial charge in [0.15, 0.2) is 0 Å². The minimum Gasteiger partial charge on any atom is -0.437 e. The van der Waals surface area contributed by atoms with Gasteiger partial charge in [-0.15, -0.1) is 0 Å². The van der Waals surface area contributed by atoms with Crippen LogP contribution in [0.25, 0.3) is 0 Å². The molecule has 6 nitrogen and oxygen atoms in total. The van der Waals surface area contributed by atoms with Crippen LogP contribution in [0.5, 0.6) is 11.6 Å². The zero-order valence-electron chi connectivity index (χ0n) is 15.2. The standard InChI is InChI=1S/C20H21N3O3S/c1-3-15(2)16-7-9-19(10-8-16)27(24,25)23-17-5-4-6-18(13-17)26-20-14-21-11-12-22-20/h4-15,23H,3H2,1-2H3. The van der Waals surface area contributed by atoms with Crippen molar-refractivity contribution in [2.75, 3.05) is 4.72 Å². The summed E-state index contributed by atoms with van der Waals surface area (Å²) in [6, 6.07) is 13.7. The van der Waals surface area contributed by atoms with Gasteiger partial charge < -0.3 is 4.74 Å². The van der Waals surface area contributed by atoms with Crippen LogP contribution >= 0.6 is 0 Å². The molecule has 0 aliphatic carbocycles. The molecule has 3 aromatic rings. The maximum atomic E-state index is 12.6. The van der Waals surface area contributed by atoms with E-state index < -0.39 is 10.0 Å². The largest absolute Gasteiger partial charge is 0.437 e. The Morgan fingerprint density at radius 1 is 1.11 bits per heavy atom. The molecule has 1 unspecified atom stereocenters. The third-order valence-corrected chi connectivity index (χ3v) is 5.62. The highest BCUT2D eigenvalue weighted by molar-refractivity contribution is 7.92. The van der Waals surface area contributed by atoms with E-state index in [0.717, 1.165) is 12.0 Å². The number of aromatic nitrogens is 2. The van der Waals surface area contributed by atoms with Crippen molar-refractivity contribution in [1.82, 2.24) is 9.97 Å². The SMILES string of the molecule is CCC(C)c1ccc(S(=O)(=O)Nc2cccc(Oc3cnccn3)c2)cc1. The number of sulfonamides is 1. The summed E-state index contributed by atoms with van der Waals surface area (Å²) >= 11 is 0. The zero-order valence-corrected chi connectivity index (χ0v) is 16.0. The topological polar surface area (TPSA) is 81.2 Å². The molecular weight excluding hydrogens is 362 g/mol. The smallest absolute Gasteiger partial charge is 0.261 e. The Balaban J connectivity index is 1.76. The first-order valence-electron chi connectivity index (χ1n) is 8.64. The molecule has 0 aliphatic rings. The highest BCUT2D eigenvalue weighted by atomic mass is 32.2. The van der Waals surface area contributed by atoms with Crippen LogP contribution in [0.2, 0.25) is 0 Å². The van der Waals surface area contributed by atoms with E-state index >= 15 is 0 Å². The lowest BCUT2D eigenvalue weighted by atomic mass is 9.99. The molecule has 0 radical (unpaired) electrons. The van der Waals surface area contributed by atoms with Crippen LogP contribution < -0.4 is 9.46 Å². The molecule has 0 saturated heterocycles. The van der Waals surface area contributed by atoms with Crippen LogP contribution in [0.1, 0.15) is 31.7 Å². The fourth-order valence-corrected chi connectivity index (χ4v) is 3.56. The highest BCUT2D eigenvalue weighted by Crippen LogP contribution is 2.25. The van der Waals surface area contributed by atoms with Crippen LogP contribution in [-0.2, 0) is 10.0 Å². The Labute approximate surface area is 159 Å². The summed E-state index contributed by atoms with van der Waals surface area (Å²) < 4.78 is 33.5. The van der Waals surface area contributed by atoms with Crippen molar-refractivity contribution in [3.63, 3.8) is 0 Å². The molecule has 7 heteroatoms. The van der Waals surface area contributed by atoms with Crippen molar-refractivity contribution in [3.8, 4) is 11.6 Å². The van der Waals surface area contributed by atoms with E-state index in [9.17, 15) is 8.42 Å². The lowest BCUT2D eigenvalue weighted by molar-refractivity contribution is 0.460. The first-order chi connectivity index (χ1) is 13.0. The molecule has 1 atom stereocenters. The molecular formula is C20H21N3O3S. The van der Waals surface area contributed by atoms with Gasteiger partial charge in [0, 0.05) is 18.5 Å². The lowest BCUT2D eigenvalue weighted by Gasteiger charge is -2.12.